The minimum absolute atomic E-state index is 0.285. The largest absolute Gasteiger partial charge is 0.415 e. The van der Waals surface area contributed by atoms with Crippen LogP contribution in [0, 0.1) is 11.8 Å². The van der Waals surface area contributed by atoms with Crippen LogP contribution in [0.25, 0.3) is 0 Å². The smallest absolute Gasteiger partial charge is 0.382 e. The molecule has 0 unspecified atom stereocenters. The van der Waals surface area contributed by atoms with Crippen molar-refractivity contribution >= 4 is 0 Å². The number of hydrogen-bond donors (Lipinski definition) is 1. The number of rotatable bonds is 3. The Labute approximate surface area is 81.7 Å². The number of aliphatic hydroxyl groups excluding tert-OH is 1. The van der Waals surface area contributed by atoms with Crippen molar-refractivity contribution < 1.29 is 18.3 Å². The van der Waals surface area contributed by atoms with Crippen molar-refractivity contribution in [1.82, 2.24) is 4.90 Å². The van der Waals surface area contributed by atoms with Crippen LogP contribution in [0.4, 0.5) is 13.2 Å². The van der Waals surface area contributed by atoms with E-state index in [1.54, 1.807) is 4.90 Å². The van der Waals surface area contributed by atoms with E-state index in [-0.39, 0.29) is 6.54 Å². The zero-order chi connectivity index (χ0) is 10.9. The summed E-state index contributed by atoms with van der Waals surface area (Å²) in [6.07, 6.45) is -6.68. The third-order valence-corrected chi connectivity index (χ3v) is 2.74. The fraction of sp³-hybridized carbons (Fsp3) is 1.00. The van der Waals surface area contributed by atoms with Gasteiger partial charge in [-0.2, -0.15) is 13.2 Å². The van der Waals surface area contributed by atoms with Crippen molar-refractivity contribution in [2.75, 3.05) is 19.6 Å². The molecule has 1 atom stereocenters. The van der Waals surface area contributed by atoms with Crippen molar-refractivity contribution in [3.8, 4) is 0 Å². The van der Waals surface area contributed by atoms with Crippen molar-refractivity contribution in [3.05, 3.63) is 0 Å². The summed E-state index contributed by atoms with van der Waals surface area (Å²) in [5, 5.41) is 8.78. The van der Waals surface area contributed by atoms with Gasteiger partial charge in [-0.3, -0.25) is 4.90 Å². The summed E-state index contributed by atoms with van der Waals surface area (Å²) in [5.41, 5.74) is 0. The lowest BCUT2D eigenvalue weighted by molar-refractivity contribution is -0.212. The molecular formula is C9H16F3NO. The van der Waals surface area contributed by atoms with Crippen LogP contribution in [-0.4, -0.2) is 41.9 Å². The summed E-state index contributed by atoms with van der Waals surface area (Å²) in [6.45, 7) is 5.17. The number of hydrogen-bond acceptors (Lipinski definition) is 2. The normalized spacial score (nSPS) is 22.5. The van der Waals surface area contributed by atoms with E-state index < -0.39 is 12.3 Å². The van der Waals surface area contributed by atoms with Gasteiger partial charge in [-0.15, -0.1) is 0 Å². The number of nitrogens with zero attached hydrogens (tertiary/aromatic N) is 1. The number of likely N-dealkylation sites (tertiary alicyclic amines) is 1. The maximum Gasteiger partial charge on any atom is 0.415 e. The van der Waals surface area contributed by atoms with Gasteiger partial charge in [0.15, 0.2) is 6.10 Å². The van der Waals surface area contributed by atoms with Crippen LogP contribution >= 0.6 is 0 Å². The van der Waals surface area contributed by atoms with Crippen LogP contribution in [-0.2, 0) is 0 Å². The molecule has 0 spiro atoms. The fourth-order valence-electron chi connectivity index (χ4n) is 1.53. The highest BCUT2D eigenvalue weighted by Gasteiger charge is 2.41. The molecule has 1 heterocycles. The molecule has 0 aromatic carbocycles. The van der Waals surface area contributed by atoms with Gasteiger partial charge in [0, 0.05) is 19.6 Å². The summed E-state index contributed by atoms with van der Waals surface area (Å²) in [6, 6.07) is 0. The first-order valence-electron chi connectivity index (χ1n) is 4.78. The first-order chi connectivity index (χ1) is 6.30. The van der Waals surface area contributed by atoms with E-state index in [1.807, 2.05) is 0 Å². The molecule has 2 nitrogen and oxygen atoms in total. The Morgan fingerprint density at radius 1 is 1.36 bits per heavy atom. The SMILES string of the molecule is CC(C)C1CN(C[C@H](O)C(F)(F)F)C1. The Hall–Kier alpha value is -0.290. The predicted octanol–water partition coefficient (Wildman–Crippen LogP) is 1.50. The molecule has 1 N–H and O–H groups in total. The first kappa shape index (κ1) is 11.8. The van der Waals surface area contributed by atoms with Crippen molar-refractivity contribution in [2.45, 2.75) is 26.1 Å². The average Bonchev–Trinajstić information content (AvgIpc) is 1.92. The van der Waals surface area contributed by atoms with Gasteiger partial charge in [-0.05, 0) is 11.8 Å². The molecule has 1 aliphatic rings. The second-order valence-corrected chi connectivity index (χ2v) is 4.28. The zero-order valence-electron chi connectivity index (χ0n) is 8.38. The van der Waals surface area contributed by atoms with Gasteiger partial charge in [-0.25, -0.2) is 0 Å². The van der Waals surface area contributed by atoms with Crippen LogP contribution in [0.2, 0.25) is 0 Å². The molecule has 0 saturated carbocycles. The van der Waals surface area contributed by atoms with Crippen LogP contribution in [0.15, 0.2) is 0 Å². The van der Waals surface area contributed by atoms with Gasteiger partial charge in [0.05, 0.1) is 0 Å². The van der Waals surface area contributed by atoms with Gasteiger partial charge in [-0.1, -0.05) is 13.8 Å². The minimum Gasteiger partial charge on any atom is -0.382 e. The Kier molecular flexibility index (Phi) is 3.42. The van der Waals surface area contributed by atoms with Crippen LogP contribution in [0.3, 0.4) is 0 Å². The highest BCUT2D eigenvalue weighted by molar-refractivity contribution is 4.84. The third-order valence-electron chi connectivity index (χ3n) is 2.74. The highest BCUT2D eigenvalue weighted by Crippen LogP contribution is 2.26. The summed E-state index contributed by atoms with van der Waals surface area (Å²) >= 11 is 0. The minimum atomic E-state index is -4.48. The molecule has 1 rings (SSSR count). The van der Waals surface area contributed by atoms with E-state index in [0.29, 0.717) is 24.9 Å². The molecule has 0 bridgehead atoms. The van der Waals surface area contributed by atoms with Crippen LogP contribution in [0.5, 0.6) is 0 Å². The molecule has 14 heavy (non-hydrogen) atoms. The maximum absolute atomic E-state index is 11.9. The van der Waals surface area contributed by atoms with E-state index in [4.69, 9.17) is 5.11 Å². The molecule has 0 amide bonds. The van der Waals surface area contributed by atoms with E-state index in [2.05, 4.69) is 13.8 Å². The Bertz CT molecular complexity index is 187. The van der Waals surface area contributed by atoms with Crippen molar-refractivity contribution in [2.24, 2.45) is 11.8 Å². The van der Waals surface area contributed by atoms with Gasteiger partial charge >= 0.3 is 6.18 Å². The first-order valence-corrected chi connectivity index (χ1v) is 4.78. The number of halogens is 3. The van der Waals surface area contributed by atoms with Crippen LogP contribution < -0.4 is 0 Å². The molecular weight excluding hydrogens is 195 g/mol. The number of β-amino-alcohol motifs (C(OH)–C–C–N with tert-alkyl or cyclic N) is 1. The molecule has 1 fully saturated rings. The lowest BCUT2D eigenvalue weighted by Crippen LogP contribution is -2.53. The second-order valence-electron chi connectivity index (χ2n) is 4.28. The quantitative estimate of drug-likeness (QED) is 0.764. The predicted molar refractivity (Wildman–Crippen MR) is 46.8 cm³/mol. The zero-order valence-corrected chi connectivity index (χ0v) is 8.38. The van der Waals surface area contributed by atoms with E-state index in [1.165, 1.54) is 0 Å². The lowest BCUT2D eigenvalue weighted by atomic mass is 9.88. The monoisotopic (exact) mass is 211 g/mol. The van der Waals surface area contributed by atoms with Crippen LogP contribution in [0.1, 0.15) is 13.8 Å². The second kappa shape index (κ2) is 4.06. The topological polar surface area (TPSA) is 23.5 Å². The maximum atomic E-state index is 11.9. The Morgan fingerprint density at radius 3 is 2.21 bits per heavy atom. The third kappa shape index (κ3) is 2.85. The molecule has 0 aromatic rings. The van der Waals surface area contributed by atoms with E-state index >= 15 is 0 Å². The summed E-state index contributed by atoms with van der Waals surface area (Å²) in [7, 11) is 0. The van der Waals surface area contributed by atoms with Crippen molar-refractivity contribution in [3.63, 3.8) is 0 Å². The standard InChI is InChI=1S/C9H16F3NO/c1-6(2)7-3-13(4-7)5-8(14)9(10,11)12/h6-8,14H,3-5H2,1-2H3/t8-/m0/s1. The molecule has 1 saturated heterocycles. The van der Waals surface area contributed by atoms with E-state index in [0.717, 1.165) is 0 Å². The van der Waals surface area contributed by atoms with Gasteiger partial charge < -0.3 is 5.11 Å². The van der Waals surface area contributed by atoms with Gasteiger partial charge in [0.25, 0.3) is 0 Å². The molecule has 0 radical (unpaired) electrons. The molecule has 84 valence electrons. The average molecular weight is 211 g/mol. The van der Waals surface area contributed by atoms with E-state index in [9.17, 15) is 13.2 Å². The highest BCUT2D eigenvalue weighted by atomic mass is 19.4. The summed E-state index contributed by atoms with van der Waals surface area (Å²) in [5.74, 6) is 0.990. The summed E-state index contributed by atoms with van der Waals surface area (Å²) < 4.78 is 35.8. The number of aliphatic hydroxyl groups is 1. The molecule has 1 aliphatic heterocycles. The molecule has 0 aliphatic carbocycles. The molecule has 5 heteroatoms. The Balaban J connectivity index is 2.23. The van der Waals surface area contributed by atoms with Gasteiger partial charge in [0.1, 0.15) is 0 Å². The van der Waals surface area contributed by atoms with Crippen molar-refractivity contribution in [1.29, 1.82) is 0 Å². The Morgan fingerprint density at radius 2 is 1.86 bits per heavy atom. The number of alkyl halides is 3. The lowest BCUT2D eigenvalue weighted by Gasteiger charge is -2.42. The molecule has 0 aromatic heterocycles. The fourth-order valence-corrected chi connectivity index (χ4v) is 1.53. The summed E-state index contributed by atoms with van der Waals surface area (Å²) in [4.78, 5) is 1.64. The van der Waals surface area contributed by atoms with Gasteiger partial charge in [0.2, 0.25) is 0 Å².